The van der Waals surface area contributed by atoms with Gasteiger partial charge in [-0.15, -0.1) is 0 Å². The molecule has 62 valence electrons. The second-order valence-corrected chi connectivity index (χ2v) is 3.17. The normalized spacial score (nSPS) is 17.4. The monoisotopic (exact) mass is 145 g/mol. The van der Waals surface area contributed by atoms with Gasteiger partial charge in [0.15, 0.2) is 0 Å². The maximum atomic E-state index is 9.23. The highest BCUT2D eigenvalue weighted by Crippen LogP contribution is 2.08. The van der Waals surface area contributed by atoms with Gasteiger partial charge in [-0.2, -0.15) is 0 Å². The van der Waals surface area contributed by atoms with E-state index < -0.39 is 0 Å². The van der Waals surface area contributed by atoms with Crippen molar-refractivity contribution in [3.05, 3.63) is 0 Å². The van der Waals surface area contributed by atoms with E-state index in [2.05, 4.69) is 11.8 Å². The van der Waals surface area contributed by atoms with E-state index in [1.165, 1.54) is 0 Å². The number of aliphatic hydroxyl groups is 1. The van der Waals surface area contributed by atoms with Crippen LogP contribution in [0.2, 0.25) is 0 Å². The van der Waals surface area contributed by atoms with Gasteiger partial charge >= 0.3 is 0 Å². The predicted octanol–water partition coefficient (Wildman–Crippen LogP) is 0.955. The van der Waals surface area contributed by atoms with Crippen LogP contribution in [0.3, 0.4) is 0 Å². The summed E-state index contributed by atoms with van der Waals surface area (Å²) in [5.74, 6) is 0.426. The molecule has 0 unspecified atom stereocenters. The lowest BCUT2D eigenvalue weighted by atomic mass is 10.0. The lowest BCUT2D eigenvalue weighted by Gasteiger charge is -2.21. The molecule has 0 aromatic rings. The first-order chi connectivity index (χ1) is 4.57. The molecule has 0 spiro atoms. The average molecular weight is 145 g/mol. The molecule has 0 amide bonds. The molecule has 2 atom stereocenters. The summed E-state index contributed by atoms with van der Waals surface area (Å²) in [4.78, 5) is 2.11. The van der Waals surface area contributed by atoms with E-state index in [1.54, 1.807) is 0 Å². The fourth-order valence-corrected chi connectivity index (χ4v) is 1.09. The molecule has 0 radical (unpaired) electrons. The van der Waals surface area contributed by atoms with Crippen molar-refractivity contribution in [2.75, 3.05) is 20.6 Å². The molecule has 0 bridgehead atoms. The van der Waals surface area contributed by atoms with E-state index in [9.17, 15) is 5.11 Å². The Labute approximate surface area is 63.8 Å². The lowest BCUT2D eigenvalue weighted by Crippen LogP contribution is -2.28. The van der Waals surface area contributed by atoms with Crippen molar-refractivity contribution >= 4 is 0 Å². The summed E-state index contributed by atoms with van der Waals surface area (Å²) in [6.07, 6.45) is 0.878. The smallest absolute Gasteiger partial charge is 0.0552 e. The highest BCUT2D eigenvalue weighted by Gasteiger charge is 2.12. The summed E-state index contributed by atoms with van der Waals surface area (Å²) in [7, 11) is 4.07. The van der Waals surface area contributed by atoms with Crippen LogP contribution in [0.1, 0.15) is 20.3 Å². The van der Waals surface area contributed by atoms with Crippen molar-refractivity contribution in [1.82, 2.24) is 4.90 Å². The highest BCUT2D eigenvalue weighted by molar-refractivity contribution is 4.65. The third-order valence-electron chi connectivity index (χ3n) is 1.81. The van der Waals surface area contributed by atoms with Crippen LogP contribution in [0.5, 0.6) is 0 Å². The van der Waals surface area contributed by atoms with Gasteiger partial charge in [0.25, 0.3) is 0 Å². The van der Waals surface area contributed by atoms with E-state index in [1.807, 2.05) is 21.0 Å². The molecule has 10 heavy (non-hydrogen) atoms. The number of aliphatic hydroxyl groups excluding tert-OH is 1. The zero-order chi connectivity index (χ0) is 8.15. The molecule has 0 aliphatic rings. The van der Waals surface area contributed by atoms with Gasteiger partial charge < -0.3 is 10.0 Å². The fraction of sp³-hybridized carbons (Fsp3) is 1.00. The third kappa shape index (κ3) is 3.85. The summed E-state index contributed by atoms with van der Waals surface area (Å²) in [6.45, 7) is 4.95. The van der Waals surface area contributed by atoms with Crippen LogP contribution < -0.4 is 0 Å². The van der Waals surface area contributed by atoms with Crippen LogP contribution in [0.25, 0.3) is 0 Å². The van der Waals surface area contributed by atoms with Crippen molar-refractivity contribution in [3.63, 3.8) is 0 Å². The molecule has 2 heteroatoms. The molecule has 1 N–H and O–H groups in total. The number of hydrogen-bond acceptors (Lipinski definition) is 2. The molecule has 0 saturated carbocycles. The zero-order valence-electron chi connectivity index (χ0n) is 7.46. The van der Waals surface area contributed by atoms with Gasteiger partial charge in [-0.25, -0.2) is 0 Å². The average Bonchev–Trinajstić information content (AvgIpc) is 1.81. The maximum absolute atomic E-state index is 9.23. The Morgan fingerprint density at radius 3 is 2.00 bits per heavy atom. The maximum Gasteiger partial charge on any atom is 0.0552 e. The Balaban J connectivity index is 3.60. The van der Waals surface area contributed by atoms with Crippen molar-refractivity contribution in [2.24, 2.45) is 5.92 Å². The third-order valence-corrected chi connectivity index (χ3v) is 1.81. The summed E-state index contributed by atoms with van der Waals surface area (Å²) in [5.41, 5.74) is 0. The van der Waals surface area contributed by atoms with Gasteiger partial charge in [0.05, 0.1) is 6.10 Å². The van der Waals surface area contributed by atoms with Gasteiger partial charge in [0.2, 0.25) is 0 Å². The van der Waals surface area contributed by atoms with Crippen LogP contribution in [0, 0.1) is 5.92 Å². The summed E-state index contributed by atoms with van der Waals surface area (Å²) in [5, 5.41) is 9.23. The molecular formula is C8H19NO. The highest BCUT2D eigenvalue weighted by atomic mass is 16.3. The van der Waals surface area contributed by atoms with Crippen LogP contribution in [-0.4, -0.2) is 36.8 Å². The topological polar surface area (TPSA) is 23.5 Å². The molecule has 0 fully saturated rings. The second kappa shape index (κ2) is 4.69. The van der Waals surface area contributed by atoms with Crippen molar-refractivity contribution in [1.29, 1.82) is 0 Å². The van der Waals surface area contributed by atoms with Crippen LogP contribution in [0.4, 0.5) is 0 Å². The first-order valence-corrected chi connectivity index (χ1v) is 3.90. The van der Waals surface area contributed by atoms with Gasteiger partial charge in [0.1, 0.15) is 0 Å². The number of nitrogens with zero attached hydrogens (tertiary/aromatic N) is 1. The predicted molar refractivity (Wildman–Crippen MR) is 44.0 cm³/mol. The minimum absolute atomic E-state index is 0.174. The van der Waals surface area contributed by atoms with E-state index in [0.717, 1.165) is 13.0 Å². The molecule has 0 heterocycles. The van der Waals surface area contributed by atoms with E-state index in [0.29, 0.717) is 5.92 Å². The van der Waals surface area contributed by atoms with Crippen molar-refractivity contribution in [2.45, 2.75) is 26.4 Å². The van der Waals surface area contributed by atoms with E-state index in [4.69, 9.17) is 0 Å². The summed E-state index contributed by atoms with van der Waals surface area (Å²) < 4.78 is 0. The van der Waals surface area contributed by atoms with Crippen molar-refractivity contribution < 1.29 is 5.11 Å². The van der Waals surface area contributed by atoms with Gasteiger partial charge in [0, 0.05) is 6.54 Å². The van der Waals surface area contributed by atoms with Crippen LogP contribution >= 0.6 is 0 Å². The minimum atomic E-state index is -0.174. The minimum Gasteiger partial charge on any atom is -0.393 e. The molecule has 2 nitrogen and oxygen atoms in total. The summed E-state index contributed by atoms with van der Waals surface area (Å²) >= 11 is 0. The standard InChI is InChI=1S/C8H19NO/c1-5-8(7(2)10)6-9(3)4/h7-8,10H,5-6H2,1-4H3/t7-,8-/m1/s1. The molecule has 0 aliphatic heterocycles. The number of hydrogen-bond donors (Lipinski definition) is 1. The summed E-state index contributed by atoms with van der Waals surface area (Å²) in [6, 6.07) is 0. The van der Waals surface area contributed by atoms with Gasteiger partial charge in [-0.1, -0.05) is 6.92 Å². The molecule has 0 aromatic carbocycles. The largest absolute Gasteiger partial charge is 0.393 e. The van der Waals surface area contributed by atoms with E-state index >= 15 is 0 Å². The fourth-order valence-electron chi connectivity index (χ4n) is 1.09. The SMILES string of the molecule is CC[C@H](CN(C)C)[C@@H](C)O. The van der Waals surface area contributed by atoms with Gasteiger partial charge in [-0.05, 0) is 33.4 Å². The first kappa shape index (κ1) is 9.92. The molecule has 0 rings (SSSR count). The molecule has 0 saturated heterocycles. The molecule has 0 aromatic heterocycles. The van der Waals surface area contributed by atoms with E-state index in [-0.39, 0.29) is 6.10 Å². The first-order valence-electron chi connectivity index (χ1n) is 3.90. The Kier molecular flexibility index (Phi) is 4.65. The molecular weight excluding hydrogens is 126 g/mol. The second-order valence-electron chi connectivity index (χ2n) is 3.17. The molecule has 0 aliphatic carbocycles. The van der Waals surface area contributed by atoms with Crippen LogP contribution in [-0.2, 0) is 0 Å². The Hall–Kier alpha value is -0.0800. The quantitative estimate of drug-likeness (QED) is 0.637. The Morgan fingerprint density at radius 1 is 1.40 bits per heavy atom. The zero-order valence-corrected chi connectivity index (χ0v) is 7.46. The number of rotatable bonds is 4. The Morgan fingerprint density at radius 2 is 1.90 bits per heavy atom. The Bertz CT molecular complexity index is 81.3. The van der Waals surface area contributed by atoms with Crippen LogP contribution in [0.15, 0.2) is 0 Å². The van der Waals surface area contributed by atoms with Crippen molar-refractivity contribution in [3.8, 4) is 0 Å². The lowest BCUT2D eigenvalue weighted by molar-refractivity contribution is 0.104. The van der Waals surface area contributed by atoms with Gasteiger partial charge in [-0.3, -0.25) is 0 Å².